The van der Waals surface area contributed by atoms with Crippen LogP contribution in [-0.4, -0.2) is 41.9 Å². The first-order valence-electron chi connectivity index (χ1n) is 5.51. The molecule has 0 unspecified atom stereocenters. The van der Waals surface area contributed by atoms with Gasteiger partial charge in [0.15, 0.2) is 0 Å². The fourth-order valence-electron chi connectivity index (χ4n) is 1.03. The van der Waals surface area contributed by atoms with E-state index in [0.717, 1.165) is 0 Å². The zero-order valence-electron chi connectivity index (χ0n) is 11.5. The number of esters is 2. The molecule has 0 N–H and O–H groups in total. The number of alkyl halides is 10. The van der Waals surface area contributed by atoms with Crippen molar-refractivity contribution in [3.05, 3.63) is 25.3 Å². The van der Waals surface area contributed by atoms with Crippen molar-refractivity contribution in [3.63, 3.8) is 0 Å². The van der Waals surface area contributed by atoms with Gasteiger partial charge >= 0.3 is 41.9 Å². The van der Waals surface area contributed by atoms with Crippen LogP contribution < -0.4 is 0 Å². The van der Waals surface area contributed by atoms with Crippen LogP contribution in [0.5, 0.6) is 0 Å². The number of carbonyl (C=O) groups excluding carboxylic acids is 2. The monoisotopic (exact) mass is 392 g/mol. The van der Waals surface area contributed by atoms with Crippen LogP contribution in [0, 0.1) is 0 Å². The Morgan fingerprint density at radius 3 is 1.04 bits per heavy atom. The molecular formula is C11H6F10O4. The topological polar surface area (TPSA) is 52.6 Å². The zero-order chi connectivity index (χ0) is 20.5. The van der Waals surface area contributed by atoms with E-state index in [-0.39, 0.29) is 12.2 Å². The lowest BCUT2D eigenvalue weighted by molar-refractivity contribution is -0.458. The van der Waals surface area contributed by atoms with E-state index in [0.29, 0.717) is 0 Å². The van der Waals surface area contributed by atoms with E-state index in [1.165, 1.54) is 0 Å². The Bertz CT molecular complexity index is 521. The van der Waals surface area contributed by atoms with Gasteiger partial charge in [0.25, 0.3) is 0 Å². The molecule has 0 heterocycles. The Labute approximate surface area is 131 Å². The normalized spacial score (nSPS) is 13.8. The lowest BCUT2D eigenvalue weighted by Gasteiger charge is -2.37. The molecule has 0 spiro atoms. The molecule has 0 aliphatic carbocycles. The summed E-state index contributed by atoms with van der Waals surface area (Å²) in [7, 11) is 0. The van der Waals surface area contributed by atoms with Gasteiger partial charge in [0.05, 0.1) is 0 Å². The lowest BCUT2D eigenvalue weighted by Crippen LogP contribution is -2.68. The molecule has 0 rings (SSSR count). The first-order valence-corrected chi connectivity index (χ1v) is 5.51. The van der Waals surface area contributed by atoms with Crippen molar-refractivity contribution in [1.29, 1.82) is 0 Å². The highest BCUT2D eigenvalue weighted by molar-refractivity contribution is 5.81. The summed E-state index contributed by atoms with van der Waals surface area (Å²) in [5.74, 6) is -27.2. The standard InChI is InChI=1S/C11H6F10O4/c1-3-5(22)24-10(18,19)8(14,15)7(12,13)9(16,17)11(20,21)25-6(23)4-2/h3-4H,1-2H2. The Kier molecular flexibility index (Phi) is 5.96. The van der Waals surface area contributed by atoms with Crippen molar-refractivity contribution in [2.45, 2.75) is 30.0 Å². The van der Waals surface area contributed by atoms with E-state index in [9.17, 15) is 53.5 Å². The van der Waals surface area contributed by atoms with Gasteiger partial charge in [0.1, 0.15) is 0 Å². The summed E-state index contributed by atoms with van der Waals surface area (Å²) >= 11 is 0. The summed E-state index contributed by atoms with van der Waals surface area (Å²) in [6, 6.07) is 0. The Hall–Kier alpha value is -2.28. The summed E-state index contributed by atoms with van der Waals surface area (Å²) in [4.78, 5) is 20.8. The Balaban J connectivity index is 6.06. The summed E-state index contributed by atoms with van der Waals surface area (Å²) in [6.45, 7) is 4.89. The highest BCUT2D eigenvalue weighted by atomic mass is 19.4. The second-order valence-electron chi connectivity index (χ2n) is 4.01. The molecule has 0 saturated heterocycles. The molecule has 0 saturated carbocycles. The van der Waals surface area contributed by atoms with Crippen LogP contribution in [-0.2, 0) is 19.1 Å². The molecule has 0 atom stereocenters. The molecule has 4 nitrogen and oxygen atoms in total. The van der Waals surface area contributed by atoms with E-state index >= 15 is 0 Å². The van der Waals surface area contributed by atoms with Gasteiger partial charge in [-0.05, 0) is 0 Å². The number of halogens is 10. The first kappa shape index (κ1) is 22.7. The van der Waals surface area contributed by atoms with E-state index in [1.807, 2.05) is 0 Å². The summed E-state index contributed by atoms with van der Waals surface area (Å²) in [5.41, 5.74) is 0. The largest absolute Gasteiger partial charge is 0.473 e. The number of hydrogen-bond acceptors (Lipinski definition) is 4. The van der Waals surface area contributed by atoms with Gasteiger partial charge in [0, 0.05) is 12.2 Å². The van der Waals surface area contributed by atoms with Gasteiger partial charge in [-0.25, -0.2) is 9.59 Å². The molecule has 0 fully saturated rings. The quantitative estimate of drug-likeness (QED) is 0.360. The van der Waals surface area contributed by atoms with Crippen LogP contribution in [0.3, 0.4) is 0 Å². The molecule has 0 bridgehead atoms. The number of carbonyl (C=O) groups is 2. The summed E-state index contributed by atoms with van der Waals surface area (Å²) < 4.78 is 136. The number of hydrogen-bond donors (Lipinski definition) is 0. The fourth-order valence-corrected chi connectivity index (χ4v) is 1.03. The fraction of sp³-hybridized carbons (Fsp3) is 0.455. The van der Waals surface area contributed by atoms with E-state index < -0.39 is 41.9 Å². The van der Waals surface area contributed by atoms with Gasteiger partial charge < -0.3 is 9.47 Å². The number of rotatable bonds is 8. The van der Waals surface area contributed by atoms with E-state index in [2.05, 4.69) is 22.6 Å². The summed E-state index contributed by atoms with van der Waals surface area (Å²) in [6.07, 6.45) is -13.8. The van der Waals surface area contributed by atoms with Gasteiger partial charge in [-0.3, -0.25) is 0 Å². The highest BCUT2D eigenvalue weighted by Crippen LogP contribution is 2.57. The minimum absolute atomic E-state index is 0.221. The smallest absolute Gasteiger partial charge is 0.393 e. The SMILES string of the molecule is C=CC(=O)OC(F)(F)C(F)(F)C(F)(F)C(F)(F)C(F)(F)OC(=O)C=C. The molecule has 144 valence electrons. The Morgan fingerprint density at radius 1 is 0.600 bits per heavy atom. The maximum Gasteiger partial charge on any atom is 0.473 e. The van der Waals surface area contributed by atoms with Gasteiger partial charge in [0.2, 0.25) is 0 Å². The minimum atomic E-state index is -7.56. The van der Waals surface area contributed by atoms with Crippen molar-refractivity contribution in [2.75, 3.05) is 0 Å². The van der Waals surface area contributed by atoms with Gasteiger partial charge in [-0.1, -0.05) is 13.2 Å². The second kappa shape index (κ2) is 6.55. The van der Waals surface area contributed by atoms with Crippen LogP contribution in [0.15, 0.2) is 25.3 Å². The molecule has 0 aliphatic rings. The zero-order valence-corrected chi connectivity index (χ0v) is 11.5. The molecule has 0 aromatic heterocycles. The van der Waals surface area contributed by atoms with E-state index in [1.54, 1.807) is 0 Å². The number of ether oxygens (including phenoxy) is 2. The maximum atomic E-state index is 13.2. The van der Waals surface area contributed by atoms with Crippen molar-refractivity contribution in [1.82, 2.24) is 0 Å². The highest BCUT2D eigenvalue weighted by Gasteiger charge is 2.89. The van der Waals surface area contributed by atoms with Crippen LogP contribution in [0.1, 0.15) is 0 Å². The van der Waals surface area contributed by atoms with Crippen LogP contribution >= 0.6 is 0 Å². The van der Waals surface area contributed by atoms with Crippen LogP contribution in [0.4, 0.5) is 43.9 Å². The molecule has 0 radical (unpaired) electrons. The average Bonchev–Trinajstić information content (AvgIpc) is 2.45. The molecule has 14 heteroatoms. The summed E-state index contributed by atoms with van der Waals surface area (Å²) in [5, 5.41) is 0. The van der Waals surface area contributed by atoms with Crippen molar-refractivity contribution in [2.24, 2.45) is 0 Å². The van der Waals surface area contributed by atoms with Gasteiger partial charge in [-0.2, -0.15) is 43.9 Å². The Morgan fingerprint density at radius 2 is 0.840 bits per heavy atom. The maximum absolute atomic E-state index is 13.2. The third-order valence-corrected chi connectivity index (χ3v) is 2.31. The second-order valence-corrected chi connectivity index (χ2v) is 4.01. The molecule has 25 heavy (non-hydrogen) atoms. The van der Waals surface area contributed by atoms with E-state index in [4.69, 9.17) is 0 Å². The molecule has 0 aliphatic heterocycles. The van der Waals surface area contributed by atoms with Crippen LogP contribution in [0.25, 0.3) is 0 Å². The lowest BCUT2D eigenvalue weighted by atomic mass is 10.0. The minimum Gasteiger partial charge on any atom is -0.393 e. The predicted octanol–water partition coefficient (Wildman–Crippen LogP) is 3.54. The predicted molar refractivity (Wildman–Crippen MR) is 57.3 cm³/mol. The van der Waals surface area contributed by atoms with Crippen LogP contribution in [0.2, 0.25) is 0 Å². The first-order chi connectivity index (χ1) is 10.9. The third kappa shape index (κ3) is 3.71. The third-order valence-electron chi connectivity index (χ3n) is 2.31. The molecule has 0 aromatic carbocycles. The van der Waals surface area contributed by atoms with Gasteiger partial charge in [-0.15, -0.1) is 0 Å². The molecular weight excluding hydrogens is 386 g/mol. The van der Waals surface area contributed by atoms with Crippen molar-refractivity contribution >= 4 is 11.9 Å². The van der Waals surface area contributed by atoms with Crippen molar-refractivity contribution in [3.8, 4) is 0 Å². The molecule has 0 aromatic rings. The average molecular weight is 392 g/mol. The molecule has 0 amide bonds. The van der Waals surface area contributed by atoms with Crippen molar-refractivity contribution < 1.29 is 63.0 Å².